The molecule has 11 rings (SSSR count). The monoisotopic (exact) mass is 854 g/mol. The number of halogens is 1. The second-order valence-electron chi connectivity index (χ2n) is 15.2. The predicted octanol–water partition coefficient (Wildman–Crippen LogP) is 17.5. The molecule has 9 aromatic carbocycles. The molecule has 0 aliphatic carbocycles. The van der Waals surface area contributed by atoms with Crippen LogP contribution in [0.15, 0.2) is 238 Å². The molecule has 0 spiro atoms. The van der Waals surface area contributed by atoms with E-state index in [0.29, 0.717) is 5.02 Å². The van der Waals surface area contributed by atoms with E-state index in [1.54, 1.807) is 23.5 Å². The zero-order chi connectivity index (χ0) is 41.6. The maximum absolute atomic E-state index is 8.03. The molecule has 7 heteroatoms. The van der Waals surface area contributed by atoms with Crippen molar-refractivity contribution in [2.24, 2.45) is 0 Å². The first-order chi connectivity index (χ1) is 30.6. The number of fused-ring (bicyclic) bond motifs is 8. The number of anilines is 12. The van der Waals surface area contributed by atoms with E-state index in [9.17, 15) is 0 Å². The van der Waals surface area contributed by atoms with Crippen molar-refractivity contribution in [3.63, 3.8) is 0 Å². The van der Waals surface area contributed by atoms with Gasteiger partial charge in [0.05, 0.1) is 39.1 Å². The van der Waals surface area contributed by atoms with Crippen LogP contribution in [0.25, 0.3) is 0 Å². The zero-order valence-electron chi connectivity index (χ0n) is 33.8. The summed E-state index contributed by atoms with van der Waals surface area (Å²) in [5.74, 6) is 0. The lowest BCUT2D eigenvalue weighted by Crippen LogP contribution is -2.18. The predicted molar refractivity (Wildman–Crippen MR) is 263 cm³/mol. The van der Waals surface area contributed by atoms with Crippen molar-refractivity contribution in [1.82, 2.24) is 0 Å². The Labute approximate surface area is 376 Å². The normalized spacial score (nSPS) is 13.1. The van der Waals surface area contributed by atoms with Gasteiger partial charge in [0.15, 0.2) is 0 Å². The molecule has 62 heavy (non-hydrogen) atoms. The van der Waals surface area contributed by atoms with Gasteiger partial charge < -0.3 is 19.6 Å². The summed E-state index contributed by atoms with van der Waals surface area (Å²) in [6.07, 6.45) is 0. The van der Waals surface area contributed by atoms with E-state index in [2.05, 4.69) is 245 Å². The lowest BCUT2D eigenvalue weighted by molar-refractivity contribution is 1.17. The zero-order valence-corrected chi connectivity index (χ0v) is 36.2. The summed E-state index contributed by atoms with van der Waals surface area (Å²) in [6, 6.07) is 78.0. The second-order valence-corrected chi connectivity index (χ2v) is 17.8. The summed E-state index contributed by atoms with van der Waals surface area (Å²) in [6.45, 7) is 2.17. The molecule has 4 nitrogen and oxygen atoms in total. The van der Waals surface area contributed by atoms with Crippen molar-refractivity contribution in [3.05, 3.63) is 229 Å². The Morgan fingerprint density at radius 1 is 0.290 bits per heavy atom. The van der Waals surface area contributed by atoms with E-state index >= 15 is 0 Å². The number of benzene rings is 9. The molecule has 0 unspecified atom stereocenters. The van der Waals surface area contributed by atoms with Crippen molar-refractivity contribution in [2.45, 2.75) is 26.5 Å². The Kier molecular flexibility index (Phi) is 9.97. The van der Waals surface area contributed by atoms with Gasteiger partial charge in [-0.15, -0.1) is 0 Å². The number of hydrogen-bond acceptors (Lipinski definition) is 6. The third-order valence-corrected chi connectivity index (χ3v) is 13.9. The SMILES string of the molecule is Cc1cc(N2c3cccc(c3)N(c3ccccc3)c3ccccc3Sc3ccccc32)c(Cl)c(N2c3cccc(c3)N(c3ccccc3)c3ccccc3Sc3ccccc32)c1. The van der Waals surface area contributed by atoms with Crippen LogP contribution < -0.4 is 19.6 Å². The van der Waals surface area contributed by atoms with Gasteiger partial charge in [0.2, 0.25) is 0 Å². The van der Waals surface area contributed by atoms with Gasteiger partial charge in [-0.25, -0.2) is 0 Å². The summed E-state index contributed by atoms with van der Waals surface area (Å²) in [5.41, 5.74) is 13.5. The first kappa shape index (κ1) is 38.1. The van der Waals surface area contributed by atoms with Gasteiger partial charge in [-0.1, -0.05) is 132 Å². The van der Waals surface area contributed by atoms with Crippen molar-refractivity contribution >= 4 is 103 Å². The van der Waals surface area contributed by atoms with E-state index < -0.39 is 0 Å². The third kappa shape index (κ3) is 6.87. The fourth-order valence-corrected chi connectivity index (χ4v) is 11.0. The average molecular weight is 856 g/mol. The van der Waals surface area contributed by atoms with Crippen LogP contribution >= 0.6 is 35.1 Å². The Balaban J connectivity index is 1.14. The first-order valence-corrected chi connectivity index (χ1v) is 22.6. The lowest BCUT2D eigenvalue weighted by Gasteiger charge is -2.35. The molecule has 9 aromatic rings. The van der Waals surface area contributed by atoms with Gasteiger partial charge >= 0.3 is 0 Å². The van der Waals surface area contributed by atoms with Gasteiger partial charge in [0.25, 0.3) is 0 Å². The molecular formula is C55H39ClN4S2. The fourth-order valence-electron chi connectivity index (χ4n) is 8.57. The van der Waals surface area contributed by atoms with Crippen molar-refractivity contribution < 1.29 is 0 Å². The summed E-state index contributed by atoms with van der Waals surface area (Å²) in [4.78, 5) is 13.9. The van der Waals surface area contributed by atoms with Gasteiger partial charge in [0, 0.05) is 53.7 Å². The van der Waals surface area contributed by atoms with Crippen LogP contribution in [0, 0.1) is 6.92 Å². The molecule has 2 aliphatic rings. The Morgan fingerprint density at radius 3 is 0.952 bits per heavy atom. The molecule has 4 bridgehead atoms. The van der Waals surface area contributed by atoms with E-state index in [4.69, 9.17) is 11.6 Å². The molecule has 0 radical (unpaired) electrons. The molecule has 0 fully saturated rings. The van der Waals surface area contributed by atoms with E-state index in [1.807, 2.05) is 0 Å². The number of aryl methyl sites for hydroxylation is 1. The first-order valence-electron chi connectivity index (χ1n) is 20.6. The second kappa shape index (κ2) is 16.2. The van der Waals surface area contributed by atoms with Crippen LogP contribution in [-0.2, 0) is 0 Å². The van der Waals surface area contributed by atoms with Crippen LogP contribution in [0.1, 0.15) is 5.56 Å². The van der Waals surface area contributed by atoms with Crippen LogP contribution in [0.2, 0.25) is 5.02 Å². The summed E-state index contributed by atoms with van der Waals surface area (Å²) in [5, 5.41) is 0.640. The molecule has 2 heterocycles. The van der Waals surface area contributed by atoms with Gasteiger partial charge in [0.1, 0.15) is 0 Å². The number of rotatable bonds is 4. The summed E-state index contributed by atoms with van der Waals surface area (Å²) in [7, 11) is 0. The molecule has 2 aliphatic heterocycles. The molecule has 0 N–H and O–H groups in total. The number of hydrogen-bond donors (Lipinski definition) is 0. The lowest BCUT2D eigenvalue weighted by atomic mass is 10.1. The van der Waals surface area contributed by atoms with Crippen LogP contribution in [0.5, 0.6) is 0 Å². The highest BCUT2D eigenvalue weighted by Crippen LogP contribution is 2.55. The average Bonchev–Trinajstić information content (AvgIpc) is 3.31. The smallest absolute Gasteiger partial charge is 0.0887 e. The molecule has 298 valence electrons. The third-order valence-electron chi connectivity index (χ3n) is 11.2. The fraction of sp³-hybridized carbons (Fsp3) is 0.0182. The molecule has 0 aromatic heterocycles. The summed E-state index contributed by atoms with van der Waals surface area (Å²) < 4.78 is 0. The van der Waals surface area contributed by atoms with Crippen molar-refractivity contribution in [2.75, 3.05) is 19.6 Å². The van der Waals surface area contributed by atoms with Crippen LogP contribution in [0.3, 0.4) is 0 Å². The standard InChI is InChI=1S/C55H39ClN4S2/c1-38-34-49(59-43-24-16-22-41(36-43)57(39-18-4-2-5-19-39)45-26-8-12-30-51(45)61-53-32-14-10-28-47(53)59)55(56)50(35-38)60-44-25-17-23-42(37-44)58(40-20-6-3-7-21-40)46-27-9-13-31-52(46)62-54-33-15-11-29-48(54)60/h2-37H,1H3. The maximum Gasteiger partial charge on any atom is 0.0887 e. The molecule has 0 saturated carbocycles. The van der Waals surface area contributed by atoms with Gasteiger partial charge in [-0.05, 0) is 134 Å². The molecular weight excluding hydrogens is 816 g/mol. The minimum Gasteiger partial charge on any atom is -0.309 e. The number of para-hydroxylation sites is 6. The van der Waals surface area contributed by atoms with Crippen LogP contribution in [-0.4, -0.2) is 0 Å². The largest absolute Gasteiger partial charge is 0.309 e. The van der Waals surface area contributed by atoms with Gasteiger partial charge in [-0.3, -0.25) is 0 Å². The number of nitrogens with zero attached hydrogens (tertiary/aromatic N) is 4. The van der Waals surface area contributed by atoms with Crippen molar-refractivity contribution in [1.29, 1.82) is 0 Å². The highest BCUT2D eigenvalue weighted by Gasteiger charge is 2.29. The summed E-state index contributed by atoms with van der Waals surface area (Å²) >= 11 is 11.6. The van der Waals surface area contributed by atoms with Crippen molar-refractivity contribution in [3.8, 4) is 0 Å². The Hall–Kier alpha value is -6.83. The molecule has 0 amide bonds. The maximum atomic E-state index is 8.03. The quantitative estimate of drug-likeness (QED) is 0.174. The van der Waals surface area contributed by atoms with Gasteiger partial charge in [-0.2, -0.15) is 0 Å². The molecule has 0 atom stereocenters. The highest BCUT2D eigenvalue weighted by atomic mass is 35.5. The van der Waals surface area contributed by atoms with E-state index in [-0.39, 0.29) is 0 Å². The van der Waals surface area contributed by atoms with E-state index in [0.717, 1.165) is 93.4 Å². The minimum absolute atomic E-state index is 0.640. The van der Waals surface area contributed by atoms with Crippen LogP contribution in [0.4, 0.5) is 68.2 Å². The Bertz CT molecular complexity index is 2900. The topological polar surface area (TPSA) is 13.0 Å². The molecule has 0 saturated heterocycles. The van der Waals surface area contributed by atoms with E-state index in [1.165, 1.54) is 0 Å². The minimum atomic E-state index is 0.640. The highest BCUT2D eigenvalue weighted by molar-refractivity contribution is 8.00. The Morgan fingerprint density at radius 2 is 0.581 bits per heavy atom.